The Kier molecular flexibility index (Phi) is 6.09. The van der Waals surface area contributed by atoms with Crippen LogP contribution in [0.1, 0.15) is 81.9 Å². The van der Waals surface area contributed by atoms with Crippen molar-refractivity contribution in [2.24, 2.45) is 11.8 Å². The number of nitrogens with zero attached hydrogens (tertiary/aromatic N) is 1. The number of nitrogens with one attached hydrogen (secondary N) is 1. The van der Waals surface area contributed by atoms with Gasteiger partial charge in [-0.3, -0.25) is 9.59 Å². The predicted molar refractivity (Wildman–Crippen MR) is 133 cm³/mol. The summed E-state index contributed by atoms with van der Waals surface area (Å²) in [5.74, 6) is -0.393. The van der Waals surface area contributed by atoms with E-state index < -0.39 is 5.92 Å². The normalized spacial score (nSPS) is 24.4. The van der Waals surface area contributed by atoms with E-state index in [0.29, 0.717) is 5.69 Å². The van der Waals surface area contributed by atoms with Crippen LogP contribution in [0.5, 0.6) is 0 Å². The summed E-state index contributed by atoms with van der Waals surface area (Å²) in [7, 11) is 0. The van der Waals surface area contributed by atoms with Crippen molar-refractivity contribution in [3.05, 3.63) is 65.9 Å². The number of imide groups is 1. The Hall–Kier alpha value is -2.88. The van der Waals surface area contributed by atoms with E-state index in [1.807, 2.05) is 36.4 Å². The number of anilines is 1. The lowest BCUT2D eigenvalue weighted by molar-refractivity contribution is -0.123. The Labute approximate surface area is 196 Å². The lowest BCUT2D eigenvalue weighted by Crippen LogP contribution is -2.35. The maximum atomic E-state index is 13.8. The van der Waals surface area contributed by atoms with Crippen molar-refractivity contribution in [1.29, 1.82) is 0 Å². The van der Waals surface area contributed by atoms with Crippen LogP contribution in [0.15, 0.2) is 54.6 Å². The number of carbonyl (C=O) groups is 2. The molecule has 3 aromatic rings. The minimum absolute atomic E-state index is 0.0247. The Morgan fingerprint density at radius 1 is 0.848 bits per heavy atom. The van der Waals surface area contributed by atoms with Gasteiger partial charge in [0.05, 0.1) is 17.5 Å². The molecule has 172 valence electrons. The Morgan fingerprint density at radius 2 is 1.55 bits per heavy atom. The van der Waals surface area contributed by atoms with Gasteiger partial charge in [0.2, 0.25) is 11.8 Å². The maximum Gasteiger partial charge on any atom is 0.243 e. The summed E-state index contributed by atoms with van der Waals surface area (Å²) < 4.78 is 0. The standard InChI is InChI=1S/C29H34N2O2/c1-3-4-5-6-7-11-16-21-19(2)24-22-17-12-13-18-23(22)30-27(24)26-25(21)28(32)31(29(26)33)20-14-9-8-10-15-20/h8-10,12-15,17-19,21,25-26,30H,3-7,11,16H2,1-2H3/t19-,21+,25+,26+/m0/s1. The van der Waals surface area contributed by atoms with Gasteiger partial charge in [-0.25, -0.2) is 4.90 Å². The molecule has 0 saturated carbocycles. The number of carbonyl (C=O) groups excluding carboxylic acids is 2. The smallest absolute Gasteiger partial charge is 0.243 e. The molecule has 5 rings (SSSR count). The summed E-state index contributed by atoms with van der Waals surface area (Å²) >= 11 is 0. The van der Waals surface area contributed by atoms with E-state index in [4.69, 9.17) is 0 Å². The highest BCUT2D eigenvalue weighted by molar-refractivity contribution is 6.24. The molecule has 0 spiro atoms. The first-order chi connectivity index (χ1) is 16.1. The quantitative estimate of drug-likeness (QED) is 0.304. The summed E-state index contributed by atoms with van der Waals surface area (Å²) in [6.45, 7) is 4.50. The van der Waals surface area contributed by atoms with Gasteiger partial charge in [-0.15, -0.1) is 0 Å². The van der Waals surface area contributed by atoms with E-state index in [1.165, 1.54) is 48.0 Å². The maximum absolute atomic E-state index is 13.8. The number of hydrogen-bond acceptors (Lipinski definition) is 2. The minimum Gasteiger partial charge on any atom is -0.357 e. The molecule has 1 saturated heterocycles. The fourth-order valence-corrected chi connectivity index (χ4v) is 6.29. The van der Waals surface area contributed by atoms with Gasteiger partial charge in [0.1, 0.15) is 0 Å². The SMILES string of the molecule is CCCCCCCC[C@H]1[C@H]2C(=O)N(c3ccccc3)C(=O)[C@H]2c2[nH]c3ccccc3c2[C@H]1C. The third-order valence-electron chi connectivity index (χ3n) is 7.90. The fraction of sp³-hybridized carbons (Fsp3) is 0.448. The fourth-order valence-electron chi connectivity index (χ4n) is 6.29. The number of H-pyrrole nitrogens is 1. The zero-order valence-electron chi connectivity index (χ0n) is 19.7. The van der Waals surface area contributed by atoms with Crippen LogP contribution in [0.4, 0.5) is 5.69 Å². The van der Waals surface area contributed by atoms with Crippen LogP contribution >= 0.6 is 0 Å². The van der Waals surface area contributed by atoms with Crippen molar-refractivity contribution in [2.75, 3.05) is 4.90 Å². The lowest BCUT2D eigenvalue weighted by Gasteiger charge is -2.36. The van der Waals surface area contributed by atoms with Crippen molar-refractivity contribution >= 4 is 28.4 Å². The molecular formula is C29H34N2O2. The molecule has 1 aliphatic carbocycles. The predicted octanol–water partition coefficient (Wildman–Crippen LogP) is 6.93. The zero-order valence-corrected chi connectivity index (χ0v) is 19.7. The van der Waals surface area contributed by atoms with Crippen LogP contribution in [-0.2, 0) is 9.59 Å². The molecule has 4 nitrogen and oxygen atoms in total. The zero-order chi connectivity index (χ0) is 22.9. The molecule has 1 aromatic heterocycles. The highest BCUT2D eigenvalue weighted by Gasteiger charge is 2.57. The van der Waals surface area contributed by atoms with Crippen molar-refractivity contribution in [1.82, 2.24) is 4.98 Å². The molecule has 2 aromatic carbocycles. The molecule has 2 aliphatic rings. The second kappa shape index (κ2) is 9.17. The van der Waals surface area contributed by atoms with Gasteiger partial charge in [0.25, 0.3) is 0 Å². The van der Waals surface area contributed by atoms with Crippen LogP contribution in [0, 0.1) is 11.8 Å². The summed E-state index contributed by atoms with van der Waals surface area (Å²) in [5, 5.41) is 1.20. The topological polar surface area (TPSA) is 53.2 Å². The number of aromatic amines is 1. The summed E-state index contributed by atoms with van der Waals surface area (Å²) in [5.41, 5.74) is 3.96. The van der Waals surface area contributed by atoms with Crippen molar-refractivity contribution in [3.63, 3.8) is 0 Å². The number of unbranched alkanes of at least 4 members (excludes halogenated alkanes) is 5. The van der Waals surface area contributed by atoms with Gasteiger partial charge in [-0.2, -0.15) is 0 Å². The summed E-state index contributed by atoms with van der Waals surface area (Å²) in [6.07, 6.45) is 8.40. The summed E-state index contributed by atoms with van der Waals surface area (Å²) in [4.78, 5) is 32.6. The Morgan fingerprint density at radius 3 is 2.33 bits per heavy atom. The van der Waals surface area contributed by atoms with Gasteiger partial charge in [0, 0.05) is 16.6 Å². The highest BCUT2D eigenvalue weighted by Crippen LogP contribution is 2.54. The van der Waals surface area contributed by atoms with Crippen molar-refractivity contribution in [2.45, 2.75) is 70.6 Å². The van der Waals surface area contributed by atoms with Crippen LogP contribution in [0.25, 0.3) is 10.9 Å². The van der Waals surface area contributed by atoms with Gasteiger partial charge < -0.3 is 4.98 Å². The Balaban J connectivity index is 1.52. The van der Waals surface area contributed by atoms with E-state index in [1.54, 1.807) is 0 Å². The molecule has 0 bridgehead atoms. The van der Waals surface area contributed by atoms with E-state index in [0.717, 1.165) is 24.1 Å². The van der Waals surface area contributed by atoms with E-state index in [-0.39, 0.29) is 29.6 Å². The second-order valence-electron chi connectivity index (χ2n) is 9.86. The van der Waals surface area contributed by atoms with Gasteiger partial charge >= 0.3 is 0 Å². The Bertz CT molecular complexity index is 1150. The molecule has 1 N–H and O–H groups in total. The monoisotopic (exact) mass is 442 g/mol. The average Bonchev–Trinajstić information content (AvgIpc) is 3.34. The first-order valence-electron chi connectivity index (χ1n) is 12.7. The number of fused-ring (bicyclic) bond motifs is 5. The van der Waals surface area contributed by atoms with E-state index >= 15 is 0 Å². The number of para-hydroxylation sites is 2. The third-order valence-corrected chi connectivity index (χ3v) is 7.90. The lowest BCUT2D eigenvalue weighted by atomic mass is 9.65. The molecule has 0 radical (unpaired) electrons. The largest absolute Gasteiger partial charge is 0.357 e. The number of rotatable bonds is 8. The van der Waals surface area contributed by atoms with E-state index in [9.17, 15) is 9.59 Å². The summed E-state index contributed by atoms with van der Waals surface area (Å²) in [6, 6.07) is 17.8. The molecule has 2 heterocycles. The molecule has 1 fully saturated rings. The number of aromatic nitrogens is 1. The van der Waals surface area contributed by atoms with Crippen LogP contribution in [-0.4, -0.2) is 16.8 Å². The molecular weight excluding hydrogens is 408 g/mol. The first kappa shape index (κ1) is 21.9. The molecule has 4 atom stereocenters. The van der Waals surface area contributed by atoms with Crippen LogP contribution < -0.4 is 4.90 Å². The van der Waals surface area contributed by atoms with Gasteiger partial charge in [-0.1, -0.05) is 88.8 Å². The molecule has 0 unspecified atom stereocenters. The third kappa shape index (κ3) is 3.70. The van der Waals surface area contributed by atoms with E-state index in [2.05, 4.69) is 37.0 Å². The molecule has 2 amide bonds. The molecule has 4 heteroatoms. The highest BCUT2D eigenvalue weighted by atomic mass is 16.2. The van der Waals surface area contributed by atoms with Gasteiger partial charge in [-0.05, 0) is 42.0 Å². The van der Waals surface area contributed by atoms with Crippen LogP contribution in [0.3, 0.4) is 0 Å². The average molecular weight is 443 g/mol. The molecule has 33 heavy (non-hydrogen) atoms. The number of hydrogen-bond donors (Lipinski definition) is 1. The van der Waals surface area contributed by atoms with Crippen LogP contribution in [0.2, 0.25) is 0 Å². The van der Waals surface area contributed by atoms with Crippen molar-refractivity contribution in [3.8, 4) is 0 Å². The number of amides is 2. The number of benzene rings is 2. The molecule has 1 aliphatic heterocycles. The first-order valence-corrected chi connectivity index (χ1v) is 12.7. The van der Waals surface area contributed by atoms with Gasteiger partial charge in [0.15, 0.2) is 0 Å². The second-order valence-corrected chi connectivity index (χ2v) is 9.86. The minimum atomic E-state index is -0.415. The van der Waals surface area contributed by atoms with Crippen molar-refractivity contribution < 1.29 is 9.59 Å².